The highest BCUT2D eigenvalue weighted by molar-refractivity contribution is 7.92. The molecular formula is C10H11ClN4O3S. The van der Waals surface area contributed by atoms with Crippen LogP contribution in [0.4, 0.5) is 5.69 Å². The summed E-state index contributed by atoms with van der Waals surface area (Å²) in [6.07, 6.45) is 2.66. The molecule has 2 heterocycles. The molecule has 2 aromatic rings. The summed E-state index contributed by atoms with van der Waals surface area (Å²) in [5, 5.41) is -0.193. The number of hydrogen-bond acceptors (Lipinski definition) is 5. The van der Waals surface area contributed by atoms with Crippen molar-refractivity contribution in [3.8, 4) is 5.88 Å². The molecule has 0 unspecified atom stereocenters. The maximum absolute atomic E-state index is 12.1. The molecule has 2 aromatic heterocycles. The number of nitrogens with one attached hydrogen (secondary N) is 1. The highest BCUT2D eigenvalue weighted by Crippen LogP contribution is 2.21. The first kappa shape index (κ1) is 13.6. The molecule has 1 N–H and O–H groups in total. The molecule has 0 aromatic carbocycles. The molecule has 9 heteroatoms. The van der Waals surface area contributed by atoms with Gasteiger partial charge in [0.1, 0.15) is 5.15 Å². The topological polar surface area (TPSA) is 86.1 Å². The van der Waals surface area contributed by atoms with E-state index < -0.39 is 10.0 Å². The summed E-state index contributed by atoms with van der Waals surface area (Å²) >= 11 is 5.85. The van der Waals surface area contributed by atoms with Gasteiger partial charge in [-0.3, -0.25) is 4.72 Å². The maximum atomic E-state index is 12.1. The Bertz CT molecular complexity index is 681. The van der Waals surface area contributed by atoms with Crippen LogP contribution < -0.4 is 9.46 Å². The van der Waals surface area contributed by atoms with Crippen LogP contribution in [-0.2, 0) is 17.1 Å². The Hall–Kier alpha value is -1.80. The van der Waals surface area contributed by atoms with Crippen LogP contribution in [0.2, 0.25) is 5.15 Å². The van der Waals surface area contributed by atoms with Gasteiger partial charge in [0.25, 0.3) is 10.0 Å². The molecule has 0 saturated heterocycles. The Morgan fingerprint density at radius 3 is 2.58 bits per heavy atom. The normalized spacial score (nSPS) is 11.3. The van der Waals surface area contributed by atoms with E-state index in [0.29, 0.717) is 11.6 Å². The Morgan fingerprint density at radius 1 is 1.37 bits per heavy atom. The van der Waals surface area contributed by atoms with Gasteiger partial charge in [-0.15, -0.1) is 0 Å². The second-order valence-electron chi connectivity index (χ2n) is 3.65. The van der Waals surface area contributed by atoms with E-state index in [0.717, 1.165) is 0 Å². The van der Waals surface area contributed by atoms with Crippen LogP contribution in [0.25, 0.3) is 0 Å². The van der Waals surface area contributed by atoms with Crippen molar-refractivity contribution in [2.24, 2.45) is 7.05 Å². The lowest BCUT2D eigenvalue weighted by Gasteiger charge is -2.06. The Morgan fingerprint density at radius 2 is 2.11 bits per heavy atom. The van der Waals surface area contributed by atoms with E-state index in [4.69, 9.17) is 16.3 Å². The van der Waals surface area contributed by atoms with Crippen LogP contribution in [0.15, 0.2) is 29.7 Å². The molecule has 0 spiro atoms. The largest absolute Gasteiger partial charge is 0.481 e. The number of aromatic nitrogens is 3. The van der Waals surface area contributed by atoms with E-state index in [1.807, 2.05) is 0 Å². The summed E-state index contributed by atoms with van der Waals surface area (Å²) in [6, 6.07) is 3.07. The third kappa shape index (κ3) is 2.79. The number of aryl methyl sites for hydroxylation is 1. The number of methoxy groups -OCH3 is 1. The lowest BCUT2D eigenvalue weighted by atomic mass is 10.4. The van der Waals surface area contributed by atoms with Crippen molar-refractivity contribution in [1.82, 2.24) is 14.5 Å². The van der Waals surface area contributed by atoms with Crippen LogP contribution in [0.1, 0.15) is 0 Å². The fraction of sp³-hybridized carbons (Fsp3) is 0.200. The van der Waals surface area contributed by atoms with Gasteiger partial charge in [-0.2, -0.15) is 8.42 Å². The fourth-order valence-corrected chi connectivity index (χ4v) is 2.82. The van der Waals surface area contributed by atoms with Gasteiger partial charge in [-0.25, -0.2) is 9.97 Å². The first-order valence-electron chi connectivity index (χ1n) is 5.13. The minimum atomic E-state index is -3.84. The molecule has 19 heavy (non-hydrogen) atoms. The molecule has 0 aliphatic heterocycles. The molecule has 0 saturated carbocycles. The zero-order chi connectivity index (χ0) is 14.0. The summed E-state index contributed by atoms with van der Waals surface area (Å²) < 4.78 is 32.7. The molecule has 0 radical (unpaired) electrons. The number of rotatable bonds is 4. The number of halogens is 1. The van der Waals surface area contributed by atoms with Crippen LogP contribution in [0.5, 0.6) is 5.88 Å². The van der Waals surface area contributed by atoms with Crippen molar-refractivity contribution < 1.29 is 13.2 Å². The number of imidazole rings is 1. The quantitative estimate of drug-likeness (QED) is 0.919. The number of ether oxygens (including phenoxy) is 1. The number of sulfonamides is 1. The van der Waals surface area contributed by atoms with E-state index in [2.05, 4.69) is 14.7 Å². The molecule has 0 aliphatic rings. The zero-order valence-corrected chi connectivity index (χ0v) is 11.7. The molecule has 0 aliphatic carbocycles. The van der Waals surface area contributed by atoms with Crippen LogP contribution >= 0.6 is 11.6 Å². The highest BCUT2D eigenvalue weighted by atomic mass is 35.5. The van der Waals surface area contributed by atoms with Crippen molar-refractivity contribution >= 4 is 27.3 Å². The maximum Gasteiger partial charge on any atom is 0.282 e. The van der Waals surface area contributed by atoms with E-state index in [-0.39, 0.29) is 10.2 Å². The van der Waals surface area contributed by atoms with Gasteiger partial charge in [-0.1, -0.05) is 11.6 Å². The molecule has 0 bridgehead atoms. The summed E-state index contributed by atoms with van der Waals surface area (Å²) in [6.45, 7) is 0. The van der Waals surface area contributed by atoms with Crippen molar-refractivity contribution in [3.05, 3.63) is 29.8 Å². The van der Waals surface area contributed by atoms with Gasteiger partial charge >= 0.3 is 0 Å². The first-order chi connectivity index (χ1) is 8.94. The monoisotopic (exact) mass is 302 g/mol. The second kappa shape index (κ2) is 5.06. The van der Waals surface area contributed by atoms with Gasteiger partial charge in [0, 0.05) is 13.1 Å². The van der Waals surface area contributed by atoms with Gasteiger partial charge in [-0.05, 0) is 6.07 Å². The third-order valence-corrected chi connectivity index (χ3v) is 4.16. The van der Waals surface area contributed by atoms with E-state index in [1.54, 1.807) is 7.05 Å². The molecule has 102 valence electrons. The van der Waals surface area contributed by atoms with Crippen molar-refractivity contribution in [3.63, 3.8) is 0 Å². The predicted octanol–water partition coefficient (Wildman–Crippen LogP) is 1.28. The van der Waals surface area contributed by atoms with Crippen molar-refractivity contribution in [2.45, 2.75) is 5.03 Å². The van der Waals surface area contributed by atoms with Gasteiger partial charge in [0.05, 0.1) is 25.3 Å². The SMILES string of the molecule is COc1ccc(NS(=O)(=O)c2ncn(C)c2Cl)cn1. The Labute approximate surface area is 115 Å². The first-order valence-corrected chi connectivity index (χ1v) is 7.00. The van der Waals surface area contributed by atoms with Gasteiger partial charge < -0.3 is 9.30 Å². The molecule has 2 rings (SSSR count). The second-order valence-corrected chi connectivity index (χ2v) is 5.60. The third-order valence-electron chi connectivity index (χ3n) is 2.29. The number of anilines is 1. The zero-order valence-electron chi connectivity index (χ0n) is 10.2. The molecule has 7 nitrogen and oxygen atoms in total. The molecule has 0 fully saturated rings. The van der Waals surface area contributed by atoms with Crippen LogP contribution in [0, 0.1) is 0 Å². The summed E-state index contributed by atoms with van der Waals surface area (Å²) in [5.41, 5.74) is 0.294. The smallest absolute Gasteiger partial charge is 0.282 e. The minimum absolute atomic E-state index is 0.0361. The summed E-state index contributed by atoms with van der Waals surface area (Å²) in [7, 11) is -0.765. The molecular weight excluding hydrogens is 292 g/mol. The van der Waals surface area contributed by atoms with Crippen LogP contribution in [0.3, 0.4) is 0 Å². The highest BCUT2D eigenvalue weighted by Gasteiger charge is 2.22. The Kier molecular flexibility index (Phi) is 3.63. The number of pyridine rings is 1. The number of hydrogen-bond donors (Lipinski definition) is 1. The van der Waals surface area contributed by atoms with Crippen molar-refractivity contribution in [2.75, 3.05) is 11.8 Å². The predicted molar refractivity (Wildman–Crippen MR) is 69.8 cm³/mol. The lowest BCUT2D eigenvalue weighted by Crippen LogP contribution is -2.14. The minimum Gasteiger partial charge on any atom is -0.481 e. The lowest BCUT2D eigenvalue weighted by molar-refractivity contribution is 0.398. The van der Waals surface area contributed by atoms with Crippen molar-refractivity contribution in [1.29, 1.82) is 0 Å². The van der Waals surface area contributed by atoms with Crippen LogP contribution in [-0.4, -0.2) is 30.1 Å². The van der Waals surface area contributed by atoms with E-state index in [9.17, 15) is 8.42 Å². The van der Waals surface area contributed by atoms with E-state index in [1.165, 1.54) is 36.3 Å². The van der Waals surface area contributed by atoms with Gasteiger partial charge in [0.15, 0.2) is 0 Å². The van der Waals surface area contributed by atoms with Gasteiger partial charge in [0.2, 0.25) is 10.9 Å². The van der Waals surface area contributed by atoms with E-state index >= 15 is 0 Å². The fourth-order valence-electron chi connectivity index (χ4n) is 1.34. The summed E-state index contributed by atoms with van der Waals surface area (Å²) in [4.78, 5) is 7.65. The summed E-state index contributed by atoms with van der Waals surface area (Å²) in [5.74, 6) is 0.388. The molecule has 0 atom stereocenters. The number of nitrogens with zero attached hydrogens (tertiary/aromatic N) is 3. The average molecular weight is 303 g/mol. The Balaban J connectivity index is 2.28. The average Bonchev–Trinajstić information content (AvgIpc) is 2.71. The molecule has 0 amide bonds. The standard InChI is InChI=1S/C10H11ClN4O3S/c1-15-6-13-10(9(15)11)19(16,17)14-7-3-4-8(18-2)12-5-7/h3-6,14H,1-2H3.